The molecule has 0 aromatic rings. The van der Waals surface area contributed by atoms with E-state index in [1.54, 1.807) is 25.9 Å². The fraction of sp³-hybridized carbons (Fsp3) is 0.857. The summed E-state index contributed by atoms with van der Waals surface area (Å²) in [5.74, 6) is -0.896. The van der Waals surface area contributed by atoms with Crippen LogP contribution in [0, 0.1) is 5.41 Å². The number of aliphatic carboxylic acids is 1. The molecular weight excluding hydrogens is 260 g/mol. The molecule has 2 unspecified atom stereocenters. The van der Waals surface area contributed by atoms with E-state index >= 15 is 0 Å². The minimum atomic E-state index is -0.933. The molecule has 20 heavy (non-hydrogen) atoms. The Kier molecular flexibility index (Phi) is 8.22. The van der Waals surface area contributed by atoms with Crippen molar-refractivity contribution >= 4 is 12.0 Å². The minimum absolute atomic E-state index is 0.0860. The van der Waals surface area contributed by atoms with E-state index in [1.807, 2.05) is 13.8 Å². The van der Waals surface area contributed by atoms with Gasteiger partial charge < -0.3 is 20.1 Å². The van der Waals surface area contributed by atoms with Crippen LogP contribution < -0.4 is 5.32 Å². The zero-order valence-corrected chi connectivity index (χ0v) is 13.2. The lowest BCUT2D eigenvalue weighted by Gasteiger charge is -2.30. The maximum Gasteiger partial charge on any atom is 0.317 e. The quantitative estimate of drug-likeness (QED) is 0.679. The van der Waals surface area contributed by atoms with Crippen molar-refractivity contribution in [2.45, 2.75) is 46.6 Å². The van der Waals surface area contributed by atoms with Crippen molar-refractivity contribution in [1.82, 2.24) is 10.2 Å². The van der Waals surface area contributed by atoms with Crippen molar-refractivity contribution in [2.24, 2.45) is 5.41 Å². The molecule has 0 fully saturated rings. The van der Waals surface area contributed by atoms with Gasteiger partial charge in [-0.1, -0.05) is 13.8 Å². The second kappa shape index (κ2) is 8.79. The molecule has 2 amide bonds. The van der Waals surface area contributed by atoms with Gasteiger partial charge in [-0.2, -0.15) is 0 Å². The molecule has 0 aliphatic rings. The lowest BCUT2D eigenvalue weighted by Crippen LogP contribution is -2.50. The average Bonchev–Trinajstić information content (AvgIpc) is 2.44. The predicted molar refractivity (Wildman–Crippen MR) is 77.8 cm³/mol. The molecule has 118 valence electrons. The van der Waals surface area contributed by atoms with E-state index in [4.69, 9.17) is 4.74 Å². The Morgan fingerprint density at radius 1 is 1.40 bits per heavy atom. The summed E-state index contributed by atoms with van der Waals surface area (Å²) < 4.78 is 5.01. The van der Waals surface area contributed by atoms with Crippen LogP contribution in [0.2, 0.25) is 0 Å². The van der Waals surface area contributed by atoms with Gasteiger partial charge in [-0.3, -0.25) is 4.79 Å². The summed E-state index contributed by atoms with van der Waals surface area (Å²) in [7, 11) is 1.59. The standard InChI is InChI=1S/C14H28N2O4/c1-6-11(3)16(8-9-20-5)13(19)15-10-14(4,7-2)12(17)18/h11H,6-10H2,1-5H3,(H,15,19)(H,17,18). The fourth-order valence-electron chi connectivity index (χ4n) is 1.66. The van der Waals surface area contributed by atoms with Gasteiger partial charge in [0.2, 0.25) is 0 Å². The first-order valence-electron chi connectivity index (χ1n) is 7.09. The second-order valence-electron chi connectivity index (χ2n) is 5.32. The number of nitrogens with one attached hydrogen (secondary N) is 1. The number of carboxylic acids is 1. The minimum Gasteiger partial charge on any atom is -0.481 e. The van der Waals surface area contributed by atoms with Gasteiger partial charge in [0.25, 0.3) is 0 Å². The first-order valence-corrected chi connectivity index (χ1v) is 7.09. The van der Waals surface area contributed by atoms with E-state index < -0.39 is 11.4 Å². The van der Waals surface area contributed by atoms with Gasteiger partial charge in [-0.25, -0.2) is 4.79 Å². The van der Waals surface area contributed by atoms with Crippen LogP contribution in [0.15, 0.2) is 0 Å². The largest absolute Gasteiger partial charge is 0.481 e. The molecule has 0 aliphatic heterocycles. The number of carboxylic acid groups (broad SMARTS) is 1. The topological polar surface area (TPSA) is 78.9 Å². The Balaban J connectivity index is 4.63. The highest BCUT2D eigenvalue weighted by Crippen LogP contribution is 2.20. The lowest BCUT2D eigenvalue weighted by molar-refractivity contribution is -0.147. The third-order valence-electron chi connectivity index (χ3n) is 3.85. The first kappa shape index (κ1) is 18.7. The lowest BCUT2D eigenvalue weighted by atomic mass is 9.88. The summed E-state index contributed by atoms with van der Waals surface area (Å²) in [5.41, 5.74) is -0.933. The number of carbonyl (C=O) groups excluding carboxylic acids is 1. The highest BCUT2D eigenvalue weighted by Gasteiger charge is 2.32. The third kappa shape index (κ3) is 5.36. The summed E-state index contributed by atoms with van der Waals surface area (Å²) in [6.45, 7) is 8.49. The van der Waals surface area contributed by atoms with E-state index in [-0.39, 0.29) is 18.6 Å². The molecule has 0 saturated heterocycles. The molecule has 0 aromatic heterocycles. The zero-order chi connectivity index (χ0) is 15.8. The summed E-state index contributed by atoms with van der Waals surface area (Å²) in [4.78, 5) is 25.1. The molecule has 0 rings (SSSR count). The Labute approximate surface area is 121 Å². The van der Waals surface area contributed by atoms with Crippen molar-refractivity contribution in [3.63, 3.8) is 0 Å². The van der Waals surface area contributed by atoms with Gasteiger partial charge in [-0.15, -0.1) is 0 Å². The highest BCUT2D eigenvalue weighted by molar-refractivity contribution is 5.78. The van der Waals surface area contributed by atoms with Crippen molar-refractivity contribution in [2.75, 3.05) is 26.8 Å². The van der Waals surface area contributed by atoms with Crippen molar-refractivity contribution < 1.29 is 19.4 Å². The molecule has 0 spiro atoms. The van der Waals surface area contributed by atoms with Crippen LogP contribution in [0.25, 0.3) is 0 Å². The average molecular weight is 288 g/mol. The molecule has 0 heterocycles. The summed E-state index contributed by atoms with van der Waals surface area (Å²) in [6, 6.07) is -0.153. The second-order valence-corrected chi connectivity index (χ2v) is 5.32. The zero-order valence-electron chi connectivity index (χ0n) is 13.2. The van der Waals surface area contributed by atoms with E-state index in [0.29, 0.717) is 19.6 Å². The Morgan fingerprint density at radius 3 is 2.40 bits per heavy atom. The SMILES string of the molecule is CCC(C)N(CCOC)C(=O)NCC(C)(CC)C(=O)O. The first-order chi connectivity index (χ1) is 9.32. The molecule has 0 radical (unpaired) electrons. The maximum absolute atomic E-state index is 12.2. The number of nitrogens with zero attached hydrogens (tertiary/aromatic N) is 1. The van der Waals surface area contributed by atoms with Gasteiger partial charge in [0.15, 0.2) is 0 Å². The van der Waals surface area contributed by atoms with Crippen LogP contribution in [-0.4, -0.2) is 54.9 Å². The van der Waals surface area contributed by atoms with Gasteiger partial charge in [0.1, 0.15) is 0 Å². The van der Waals surface area contributed by atoms with E-state index in [2.05, 4.69) is 5.32 Å². The van der Waals surface area contributed by atoms with Crippen LogP contribution in [0.4, 0.5) is 4.79 Å². The summed E-state index contributed by atoms with van der Waals surface area (Å²) in [6.07, 6.45) is 1.30. The molecular formula is C14H28N2O4. The van der Waals surface area contributed by atoms with Crippen LogP contribution in [0.3, 0.4) is 0 Å². The van der Waals surface area contributed by atoms with Gasteiger partial charge in [-0.05, 0) is 26.7 Å². The summed E-state index contributed by atoms with van der Waals surface area (Å²) >= 11 is 0. The molecule has 2 atom stereocenters. The number of methoxy groups -OCH3 is 1. The van der Waals surface area contributed by atoms with Crippen molar-refractivity contribution in [3.8, 4) is 0 Å². The maximum atomic E-state index is 12.2. The smallest absolute Gasteiger partial charge is 0.317 e. The van der Waals surface area contributed by atoms with Gasteiger partial charge in [0, 0.05) is 26.2 Å². The molecule has 6 nitrogen and oxygen atoms in total. The van der Waals surface area contributed by atoms with E-state index in [9.17, 15) is 14.7 Å². The van der Waals surface area contributed by atoms with Crippen LogP contribution in [0.1, 0.15) is 40.5 Å². The molecule has 0 aliphatic carbocycles. The Morgan fingerprint density at radius 2 is 2.00 bits per heavy atom. The van der Waals surface area contributed by atoms with Gasteiger partial charge >= 0.3 is 12.0 Å². The fourth-order valence-corrected chi connectivity index (χ4v) is 1.66. The summed E-state index contributed by atoms with van der Waals surface area (Å²) in [5, 5.41) is 11.9. The van der Waals surface area contributed by atoms with Crippen LogP contribution in [0.5, 0.6) is 0 Å². The van der Waals surface area contributed by atoms with Crippen molar-refractivity contribution in [3.05, 3.63) is 0 Å². The Bertz CT molecular complexity index is 322. The normalized spacial score (nSPS) is 15.2. The number of carbonyl (C=O) groups is 2. The number of amides is 2. The highest BCUT2D eigenvalue weighted by atomic mass is 16.5. The monoisotopic (exact) mass is 288 g/mol. The van der Waals surface area contributed by atoms with Crippen LogP contribution in [-0.2, 0) is 9.53 Å². The molecule has 0 bridgehead atoms. The predicted octanol–water partition coefficient (Wildman–Crippen LogP) is 1.94. The number of hydrogen-bond donors (Lipinski definition) is 2. The number of urea groups is 1. The third-order valence-corrected chi connectivity index (χ3v) is 3.85. The van der Waals surface area contributed by atoms with Crippen molar-refractivity contribution in [1.29, 1.82) is 0 Å². The molecule has 0 aromatic carbocycles. The van der Waals surface area contributed by atoms with E-state index in [0.717, 1.165) is 6.42 Å². The molecule has 2 N–H and O–H groups in total. The number of rotatable bonds is 9. The Hall–Kier alpha value is -1.30. The number of ether oxygens (including phenoxy) is 1. The molecule has 0 saturated carbocycles. The van der Waals surface area contributed by atoms with Crippen LogP contribution >= 0.6 is 0 Å². The number of hydrogen-bond acceptors (Lipinski definition) is 3. The van der Waals surface area contributed by atoms with Gasteiger partial charge in [0.05, 0.1) is 12.0 Å². The van der Waals surface area contributed by atoms with E-state index in [1.165, 1.54) is 0 Å². The molecule has 6 heteroatoms.